The lowest BCUT2D eigenvalue weighted by Crippen LogP contribution is -2.09. The summed E-state index contributed by atoms with van der Waals surface area (Å²) in [6, 6.07) is 31.0. The van der Waals surface area contributed by atoms with Gasteiger partial charge in [-0.1, -0.05) is 76.6 Å². The molecule has 0 aliphatic carbocycles. The van der Waals surface area contributed by atoms with Crippen LogP contribution in [0.1, 0.15) is 11.8 Å². The average Bonchev–Trinajstić information content (AvgIpc) is 3.24. The summed E-state index contributed by atoms with van der Waals surface area (Å²) in [7, 11) is 0. The Balaban J connectivity index is 1.62. The summed E-state index contributed by atoms with van der Waals surface area (Å²) in [6.45, 7) is 0. The van der Waals surface area contributed by atoms with E-state index in [1.54, 1.807) is 0 Å². The van der Waals surface area contributed by atoms with Gasteiger partial charge in [0.25, 0.3) is 0 Å². The smallest absolute Gasteiger partial charge is 0.196 e. The van der Waals surface area contributed by atoms with Crippen molar-refractivity contribution in [1.29, 1.82) is 0 Å². The second-order valence-electron chi connectivity index (χ2n) is 7.40. The standard InChI is InChI=1S/C26H17BrN2O/c27-18-12-10-16(11-13-18)24-20-14-15-22-25(23(20)19-8-4-5-9-21(19)28-24)29-26(30-22)17-6-2-1-3-7-17/h1-15,26,29H. The fourth-order valence-corrected chi connectivity index (χ4v) is 4.42. The van der Waals surface area contributed by atoms with Gasteiger partial charge in [-0.3, -0.25) is 0 Å². The molecule has 1 atom stereocenters. The van der Waals surface area contributed by atoms with E-state index < -0.39 is 0 Å². The topological polar surface area (TPSA) is 34.1 Å². The van der Waals surface area contributed by atoms with Crippen molar-refractivity contribution in [3.8, 4) is 17.0 Å². The highest BCUT2D eigenvalue weighted by molar-refractivity contribution is 9.10. The molecular weight excluding hydrogens is 436 g/mol. The van der Waals surface area contributed by atoms with Gasteiger partial charge in [-0.2, -0.15) is 0 Å². The van der Waals surface area contributed by atoms with Gasteiger partial charge in [0.15, 0.2) is 6.23 Å². The molecule has 0 saturated carbocycles. The van der Waals surface area contributed by atoms with Gasteiger partial charge in [-0.25, -0.2) is 4.98 Å². The fraction of sp³-hybridized carbons (Fsp3) is 0.0385. The molecule has 2 heterocycles. The summed E-state index contributed by atoms with van der Waals surface area (Å²) in [6.07, 6.45) is -0.199. The molecule has 1 aromatic heterocycles. The number of nitrogens with zero attached hydrogens (tertiary/aromatic N) is 1. The minimum Gasteiger partial charge on any atom is -0.464 e. The summed E-state index contributed by atoms with van der Waals surface area (Å²) in [5, 5.41) is 6.99. The van der Waals surface area contributed by atoms with Gasteiger partial charge >= 0.3 is 0 Å². The maximum atomic E-state index is 6.27. The first-order valence-corrected chi connectivity index (χ1v) is 10.7. The number of pyridine rings is 1. The van der Waals surface area contributed by atoms with Crippen LogP contribution in [0.15, 0.2) is 95.5 Å². The third kappa shape index (κ3) is 2.76. The van der Waals surface area contributed by atoms with E-state index in [4.69, 9.17) is 9.72 Å². The van der Waals surface area contributed by atoms with E-state index in [-0.39, 0.29) is 6.23 Å². The molecular formula is C26H17BrN2O. The number of rotatable bonds is 2. The molecule has 1 N–H and O–H groups in total. The first kappa shape index (κ1) is 17.5. The lowest BCUT2D eigenvalue weighted by Gasteiger charge is -2.13. The van der Waals surface area contributed by atoms with E-state index in [1.165, 1.54) is 0 Å². The lowest BCUT2D eigenvalue weighted by atomic mass is 9.98. The minimum absolute atomic E-state index is 0.199. The second kappa shape index (κ2) is 6.85. The number of aromatic nitrogens is 1. The zero-order valence-corrected chi connectivity index (χ0v) is 17.6. The van der Waals surface area contributed by atoms with Crippen molar-refractivity contribution >= 4 is 43.3 Å². The molecule has 30 heavy (non-hydrogen) atoms. The predicted octanol–water partition coefficient (Wildman–Crippen LogP) is 7.32. The molecule has 1 aliphatic rings. The SMILES string of the molecule is Brc1ccc(-c2nc3ccccc3c3c4c(ccc23)OC(c2ccccc2)N4)cc1. The molecule has 0 radical (unpaired) electrons. The number of nitrogens with one attached hydrogen (secondary N) is 1. The van der Waals surface area contributed by atoms with Crippen molar-refractivity contribution in [2.24, 2.45) is 0 Å². The summed E-state index contributed by atoms with van der Waals surface area (Å²) in [5.41, 5.74) is 5.17. The molecule has 4 heteroatoms. The first-order valence-electron chi connectivity index (χ1n) is 9.87. The van der Waals surface area contributed by atoms with E-state index in [0.717, 1.165) is 54.4 Å². The van der Waals surface area contributed by atoms with Crippen LogP contribution < -0.4 is 10.1 Å². The third-order valence-corrected chi connectivity index (χ3v) is 6.10. The predicted molar refractivity (Wildman–Crippen MR) is 126 cm³/mol. The first-order chi connectivity index (χ1) is 14.8. The van der Waals surface area contributed by atoms with Gasteiger partial charge in [0.05, 0.1) is 16.9 Å². The van der Waals surface area contributed by atoms with Crippen LogP contribution >= 0.6 is 15.9 Å². The highest BCUT2D eigenvalue weighted by Gasteiger charge is 2.27. The maximum absolute atomic E-state index is 6.27. The number of anilines is 1. The molecule has 4 aromatic carbocycles. The minimum atomic E-state index is -0.199. The van der Waals surface area contributed by atoms with Crippen molar-refractivity contribution in [3.63, 3.8) is 0 Å². The van der Waals surface area contributed by atoms with E-state index in [2.05, 4.69) is 81.9 Å². The molecule has 0 fully saturated rings. The molecule has 0 spiro atoms. The molecule has 0 bridgehead atoms. The van der Waals surface area contributed by atoms with E-state index in [9.17, 15) is 0 Å². The Morgan fingerprint density at radius 1 is 0.767 bits per heavy atom. The van der Waals surface area contributed by atoms with Crippen LogP contribution in [-0.2, 0) is 0 Å². The molecule has 3 nitrogen and oxygen atoms in total. The number of benzene rings is 4. The van der Waals surface area contributed by atoms with Gasteiger partial charge < -0.3 is 10.1 Å². The highest BCUT2D eigenvalue weighted by Crippen LogP contribution is 2.46. The van der Waals surface area contributed by atoms with E-state index in [1.807, 2.05) is 30.3 Å². The van der Waals surface area contributed by atoms with E-state index >= 15 is 0 Å². The Bertz CT molecular complexity index is 1400. The monoisotopic (exact) mass is 452 g/mol. The number of hydrogen-bond donors (Lipinski definition) is 1. The molecule has 5 aromatic rings. The van der Waals surface area contributed by atoms with Crippen LogP contribution in [0.3, 0.4) is 0 Å². The number of fused-ring (bicyclic) bond motifs is 5. The van der Waals surface area contributed by atoms with Crippen LogP contribution in [0, 0.1) is 0 Å². The Hall–Kier alpha value is -3.37. The van der Waals surface area contributed by atoms with E-state index in [0.29, 0.717) is 0 Å². The van der Waals surface area contributed by atoms with Crippen LogP contribution in [0.2, 0.25) is 0 Å². The zero-order chi connectivity index (χ0) is 20.1. The molecule has 1 aliphatic heterocycles. The van der Waals surface area contributed by atoms with Gasteiger partial charge in [0, 0.05) is 31.8 Å². The van der Waals surface area contributed by atoms with Crippen molar-refractivity contribution in [3.05, 3.63) is 101 Å². The lowest BCUT2D eigenvalue weighted by molar-refractivity contribution is 0.260. The van der Waals surface area contributed by atoms with Crippen LogP contribution in [0.5, 0.6) is 5.75 Å². The second-order valence-corrected chi connectivity index (χ2v) is 8.31. The van der Waals surface area contributed by atoms with Gasteiger partial charge in [0.1, 0.15) is 5.75 Å². The maximum Gasteiger partial charge on any atom is 0.196 e. The highest BCUT2D eigenvalue weighted by atomic mass is 79.9. The molecule has 0 saturated heterocycles. The number of ether oxygens (including phenoxy) is 1. The number of halogens is 1. The third-order valence-electron chi connectivity index (χ3n) is 5.57. The summed E-state index contributed by atoms with van der Waals surface area (Å²) >= 11 is 3.53. The van der Waals surface area contributed by atoms with Gasteiger partial charge in [-0.05, 0) is 30.3 Å². The van der Waals surface area contributed by atoms with Crippen molar-refractivity contribution in [2.75, 3.05) is 5.32 Å². The largest absolute Gasteiger partial charge is 0.464 e. The van der Waals surface area contributed by atoms with Crippen molar-refractivity contribution < 1.29 is 4.74 Å². The quantitative estimate of drug-likeness (QED) is 0.285. The summed E-state index contributed by atoms with van der Waals surface area (Å²) < 4.78 is 7.33. The molecule has 1 unspecified atom stereocenters. The Labute approximate surface area is 182 Å². The van der Waals surface area contributed by atoms with Crippen molar-refractivity contribution in [2.45, 2.75) is 6.23 Å². The average molecular weight is 453 g/mol. The van der Waals surface area contributed by atoms with Crippen LogP contribution in [0.25, 0.3) is 32.9 Å². The van der Waals surface area contributed by atoms with Gasteiger partial charge in [-0.15, -0.1) is 0 Å². The molecule has 6 rings (SSSR count). The normalized spacial score (nSPS) is 15.0. The Morgan fingerprint density at radius 2 is 1.53 bits per heavy atom. The Kier molecular flexibility index (Phi) is 3.99. The van der Waals surface area contributed by atoms with Crippen LogP contribution in [0.4, 0.5) is 5.69 Å². The van der Waals surface area contributed by atoms with Gasteiger partial charge in [0.2, 0.25) is 0 Å². The molecule has 144 valence electrons. The number of para-hydroxylation sites is 1. The number of hydrogen-bond acceptors (Lipinski definition) is 3. The summed E-state index contributed by atoms with van der Waals surface area (Å²) in [5.74, 6) is 0.870. The van der Waals surface area contributed by atoms with Crippen LogP contribution in [-0.4, -0.2) is 4.98 Å². The fourth-order valence-electron chi connectivity index (χ4n) is 4.16. The summed E-state index contributed by atoms with van der Waals surface area (Å²) in [4.78, 5) is 5.02. The van der Waals surface area contributed by atoms with Crippen molar-refractivity contribution in [1.82, 2.24) is 4.98 Å². The Morgan fingerprint density at radius 3 is 2.37 bits per heavy atom. The molecule has 0 amide bonds. The zero-order valence-electron chi connectivity index (χ0n) is 16.0.